The van der Waals surface area contributed by atoms with E-state index in [9.17, 15) is 24.3 Å². The molecule has 0 aromatic heterocycles. The van der Waals surface area contributed by atoms with Crippen LogP contribution in [0, 0.1) is 5.41 Å². The van der Waals surface area contributed by atoms with Crippen LogP contribution in [0.1, 0.15) is 33.9 Å². The first-order valence-electron chi connectivity index (χ1n) is 11.2. The summed E-state index contributed by atoms with van der Waals surface area (Å²) in [7, 11) is 0. The Morgan fingerprint density at radius 2 is 1.72 bits per heavy atom. The van der Waals surface area contributed by atoms with Crippen molar-refractivity contribution in [2.45, 2.75) is 12.5 Å². The Morgan fingerprint density at radius 3 is 2.42 bits per heavy atom. The number of piperazine rings is 1. The lowest BCUT2D eigenvalue weighted by Gasteiger charge is -2.38. The molecule has 5 N–H and O–H groups in total. The summed E-state index contributed by atoms with van der Waals surface area (Å²) in [6.07, 6.45) is -0.378. The van der Waals surface area contributed by atoms with Crippen LogP contribution in [0.4, 0.5) is 0 Å². The van der Waals surface area contributed by atoms with Crippen molar-refractivity contribution in [3.8, 4) is 11.5 Å². The zero-order valence-electron chi connectivity index (χ0n) is 19.2. The number of carbonyl (C=O) groups excluding carboxylic acids is 3. The molecule has 0 aliphatic carbocycles. The van der Waals surface area contributed by atoms with Gasteiger partial charge in [-0.15, -0.1) is 0 Å². The Kier molecular flexibility index (Phi) is 7.04. The molecule has 0 spiro atoms. The lowest BCUT2D eigenvalue weighted by atomic mass is 10.00. The third-order valence-corrected chi connectivity index (χ3v) is 5.99. The second kappa shape index (κ2) is 10.3. The molecule has 2 aromatic rings. The number of nitrogens with two attached hydrogens (primary N) is 1. The highest BCUT2D eigenvalue weighted by Gasteiger charge is 2.38. The Hall–Kier alpha value is -4.61. The molecule has 188 valence electrons. The first-order valence-corrected chi connectivity index (χ1v) is 11.2. The number of carboxylic acids is 1. The zero-order chi connectivity index (χ0) is 25.8. The number of amidine groups is 1. The lowest BCUT2D eigenvalue weighted by molar-refractivity contribution is -0.159. The number of carboxylic acid groups (broad SMARTS) is 1. The fourth-order valence-electron chi connectivity index (χ4n) is 4.10. The van der Waals surface area contributed by atoms with E-state index in [0.29, 0.717) is 28.2 Å². The average molecular weight is 495 g/mol. The van der Waals surface area contributed by atoms with Crippen LogP contribution in [0.2, 0.25) is 0 Å². The highest BCUT2D eigenvalue weighted by molar-refractivity contribution is 6.35. The molecule has 1 fully saturated rings. The van der Waals surface area contributed by atoms with E-state index in [1.165, 1.54) is 21.9 Å². The molecule has 2 aromatic carbocycles. The van der Waals surface area contributed by atoms with Gasteiger partial charge in [0, 0.05) is 37.3 Å². The fraction of sp³-hybridized carbons (Fsp3) is 0.292. The molecule has 0 bridgehead atoms. The summed E-state index contributed by atoms with van der Waals surface area (Å²) >= 11 is 0. The molecule has 36 heavy (non-hydrogen) atoms. The van der Waals surface area contributed by atoms with E-state index in [0.717, 1.165) is 0 Å². The molecule has 3 amide bonds. The van der Waals surface area contributed by atoms with Crippen LogP contribution in [0.25, 0.3) is 0 Å². The first-order chi connectivity index (χ1) is 17.2. The standard InChI is InChI=1S/C24H25N5O7/c25-21(26)14-1-3-15(4-2-14)22(32)27-7-8-28-9-10-29(24(34)23(28)33)17(12-20(30)31)16-5-6-18-19(11-16)36-13-35-18/h1-6,11,17H,7-10,12-13H2,(H3,25,26)(H,27,32)(H,30,31). The van der Waals surface area contributed by atoms with Gasteiger partial charge in [0.05, 0.1) is 12.5 Å². The molecule has 1 unspecified atom stereocenters. The third-order valence-electron chi connectivity index (χ3n) is 5.99. The number of aliphatic carboxylic acids is 1. The number of hydrogen-bond acceptors (Lipinski definition) is 7. The van der Waals surface area contributed by atoms with Crippen LogP contribution >= 0.6 is 0 Å². The highest BCUT2D eigenvalue weighted by Crippen LogP contribution is 2.37. The first kappa shape index (κ1) is 24.5. The summed E-state index contributed by atoms with van der Waals surface area (Å²) in [5, 5.41) is 19.5. The van der Waals surface area contributed by atoms with Gasteiger partial charge in [-0.2, -0.15) is 0 Å². The molecule has 0 saturated carbocycles. The normalized spacial score (nSPS) is 15.6. The van der Waals surface area contributed by atoms with Gasteiger partial charge in [-0.3, -0.25) is 24.6 Å². The highest BCUT2D eigenvalue weighted by atomic mass is 16.7. The number of hydrogen-bond donors (Lipinski definition) is 4. The number of nitrogens with zero attached hydrogens (tertiary/aromatic N) is 2. The summed E-state index contributed by atoms with van der Waals surface area (Å²) in [4.78, 5) is 52.2. The molecule has 1 atom stereocenters. The average Bonchev–Trinajstić information content (AvgIpc) is 3.33. The molecule has 2 aliphatic heterocycles. The molecule has 12 nitrogen and oxygen atoms in total. The largest absolute Gasteiger partial charge is 0.481 e. The van der Waals surface area contributed by atoms with E-state index >= 15 is 0 Å². The van der Waals surface area contributed by atoms with Gasteiger partial charge >= 0.3 is 17.8 Å². The van der Waals surface area contributed by atoms with Crippen molar-refractivity contribution in [2.24, 2.45) is 5.73 Å². The minimum atomic E-state index is -1.11. The van der Waals surface area contributed by atoms with Crippen molar-refractivity contribution >= 4 is 29.5 Å². The Morgan fingerprint density at radius 1 is 1.03 bits per heavy atom. The van der Waals surface area contributed by atoms with Crippen molar-refractivity contribution in [3.05, 3.63) is 59.2 Å². The third kappa shape index (κ3) is 5.22. The second-order valence-corrected chi connectivity index (χ2v) is 8.26. The van der Waals surface area contributed by atoms with Crippen LogP contribution in [0.5, 0.6) is 11.5 Å². The Bertz CT molecular complexity index is 1210. The maximum absolute atomic E-state index is 12.9. The molecule has 2 heterocycles. The summed E-state index contributed by atoms with van der Waals surface area (Å²) in [6.45, 7) is 0.612. The van der Waals surface area contributed by atoms with Gasteiger partial charge in [0.15, 0.2) is 11.5 Å². The minimum absolute atomic E-state index is 0.0543. The van der Waals surface area contributed by atoms with Crippen LogP contribution in [-0.2, 0) is 14.4 Å². The van der Waals surface area contributed by atoms with Crippen LogP contribution in [-0.4, -0.2) is 77.4 Å². The summed E-state index contributed by atoms with van der Waals surface area (Å²) in [6, 6.07) is 10.3. The van der Waals surface area contributed by atoms with Gasteiger partial charge in [-0.05, 0) is 29.8 Å². The van der Waals surface area contributed by atoms with Gasteiger partial charge in [-0.25, -0.2) is 0 Å². The number of rotatable bonds is 9. The van der Waals surface area contributed by atoms with Crippen molar-refractivity contribution in [3.63, 3.8) is 0 Å². The van der Waals surface area contributed by atoms with Crippen LogP contribution < -0.4 is 20.5 Å². The predicted octanol–water partition coefficient (Wildman–Crippen LogP) is 0.316. The maximum atomic E-state index is 12.9. The van der Waals surface area contributed by atoms with E-state index in [1.807, 2.05) is 0 Å². The van der Waals surface area contributed by atoms with E-state index < -0.39 is 23.8 Å². The summed E-state index contributed by atoms with van der Waals surface area (Å²) in [5.74, 6) is -2.18. The number of ether oxygens (including phenoxy) is 2. The number of amides is 3. The minimum Gasteiger partial charge on any atom is -0.481 e. The zero-order valence-corrected chi connectivity index (χ0v) is 19.2. The van der Waals surface area contributed by atoms with Gasteiger partial charge in [0.1, 0.15) is 5.84 Å². The van der Waals surface area contributed by atoms with Crippen LogP contribution in [0.3, 0.4) is 0 Å². The van der Waals surface area contributed by atoms with Gasteiger partial charge in [0.25, 0.3) is 5.91 Å². The number of carbonyl (C=O) groups is 4. The second-order valence-electron chi connectivity index (χ2n) is 8.26. The van der Waals surface area contributed by atoms with E-state index in [1.54, 1.807) is 30.3 Å². The number of nitrogen functional groups attached to an aromatic ring is 1. The van der Waals surface area contributed by atoms with Gasteiger partial charge in [-0.1, -0.05) is 18.2 Å². The molecule has 2 aliphatic rings. The van der Waals surface area contributed by atoms with Crippen molar-refractivity contribution in [1.29, 1.82) is 5.41 Å². The summed E-state index contributed by atoms with van der Waals surface area (Å²) in [5.41, 5.74) is 6.80. The van der Waals surface area contributed by atoms with E-state index in [2.05, 4.69) is 5.32 Å². The van der Waals surface area contributed by atoms with E-state index in [-0.39, 0.29) is 51.1 Å². The molecule has 0 radical (unpaired) electrons. The molecule has 1 saturated heterocycles. The van der Waals surface area contributed by atoms with Gasteiger partial charge < -0.3 is 35.4 Å². The van der Waals surface area contributed by atoms with Crippen molar-refractivity contribution in [1.82, 2.24) is 15.1 Å². The van der Waals surface area contributed by atoms with Crippen molar-refractivity contribution < 1.29 is 33.8 Å². The van der Waals surface area contributed by atoms with Crippen molar-refractivity contribution in [2.75, 3.05) is 33.0 Å². The Balaban J connectivity index is 1.37. The molecule has 12 heteroatoms. The molecule has 4 rings (SSSR count). The molecular formula is C24H25N5O7. The lowest BCUT2D eigenvalue weighted by Crippen LogP contribution is -2.56. The maximum Gasteiger partial charge on any atom is 0.312 e. The fourth-order valence-corrected chi connectivity index (χ4v) is 4.10. The predicted molar refractivity (Wildman–Crippen MR) is 126 cm³/mol. The number of benzene rings is 2. The summed E-state index contributed by atoms with van der Waals surface area (Å²) < 4.78 is 10.6. The van der Waals surface area contributed by atoms with Crippen LogP contribution in [0.15, 0.2) is 42.5 Å². The molecular weight excluding hydrogens is 470 g/mol. The SMILES string of the molecule is N=C(N)c1ccc(C(=O)NCCN2CCN(C(CC(=O)O)c3ccc4c(c3)OCO4)C(=O)C2=O)cc1. The smallest absolute Gasteiger partial charge is 0.312 e. The topological polar surface area (TPSA) is 175 Å². The number of fused-ring (bicyclic) bond motifs is 1. The van der Waals surface area contributed by atoms with E-state index in [4.69, 9.17) is 20.6 Å². The Labute approximate surface area is 206 Å². The number of nitrogens with one attached hydrogen (secondary N) is 2. The quantitative estimate of drug-likeness (QED) is 0.218. The monoisotopic (exact) mass is 495 g/mol. The van der Waals surface area contributed by atoms with Gasteiger partial charge in [0.2, 0.25) is 6.79 Å².